The summed E-state index contributed by atoms with van der Waals surface area (Å²) in [5.41, 5.74) is 0. The van der Waals surface area contributed by atoms with E-state index in [1.165, 1.54) is 80.9 Å². The molecule has 3 aliphatic heterocycles. The minimum Gasteiger partial charge on any atom is -0.493 e. The zero-order valence-corrected chi connectivity index (χ0v) is 20.9. The van der Waals surface area contributed by atoms with Crippen molar-refractivity contribution in [3.05, 3.63) is 48.5 Å². The maximum atomic E-state index is 10.5. The van der Waals surface area contributed by atoms with E-state index in [1.807, 2.05) is 0 Å². The number of rotatable bonds is 10. The lowest BCUT2D eigenvalue weighted by Gasteiger charge is -2.29. The van der Waals surface area contributed by atoms with Crippen molar-refractivity contribution in [2.75, 3.05) is 79.5 Å². The molecule has 0 bridgehead atoms. The molecule has 0 amide bonds. The van der Waals surface area contributed by atoms with E-state index in [4.69, 9.17) is 36.1 Å². The van der Waals surface area contributed by atoms with Gasteiger partial charge in [0.15, 0.2) is 23.0 Å². The van der Waals surface area contributed by atoms with Gasteiger partial charge in [-0.1, -0.05) is 30.7 Å². The van der Waals surface area contributed by atoms with Crippen LogP contribution in [0.2, 0.25) is 0 Å². The Morgan fingerprint density at radius 2 is 1.53 bits per heavy atom. The number of hydrogen-bond acceptors (Lipinski definition) is 9. The van der Waals surface area contributed by atoms with Crippen LogP contribution < -0.4 is 29.6 Å². The van der Waals surface area contributed by atoms with Gasteiger partial charge in [-0.05, 0) is 50.2 Å². The molecule has 3 aliphatic rings. The average molecular weight is 548 g/mol. The molecule has 0 spiro atoms. The van der Waals surface area contributed by atoms with E-state index in [2.05, 4.69) is 20.1 Å². The van der Waals surface area contributed by atoms with Crippen molar-refractivity contribution in [3.8, 4) is 23.0 Å². The number of piperazine rings is 1. The van der Waals surface area contributed by atoms with Crippen LogP contribution in [0.1, 0.15) is 41.2 Å². The first kappa shape index (κ1) is 14.7. The van der Waals surface area contributed by atoms with E-state index in [0.717, 1.165) is 4.90 Å². The van der Waals surface area contributed by atoms with E-state index in [-0.39, 0.29) is 36.1 Å². The Morgan fingerprint density at radius 1 is 0.974 bits per heavy atom. The van der Waals surface area contributed by atoms with E-state index in [9.17, 15) is 5.11 Å². The van der Waals surface area contributed by atoms with Crippen molar-refractivity contribution < 1.29 is 50.7 Å². The zero-order valence-electron chi connectivity index (χ0n) is 36.9. The zero-order chi connectivity index (χ0) is 40.9. The third-order valence-electron chi connectivity index (χ3n) is 5.22. The van der Waals surface area contributed by atoms with Crippen molar-refractivity contribution in [1.82, 2.24) is 15.5 Å². The van der Waals surface area contributed by atoms with Crippen LogP contribution in [-0.2, 0) is 4.74 Å². The molecule has 0 radical (unpaired) electrons. The molecule has 2 aromatic carbocycles. The largest absolute Gasteiger partial charge is 0.493 e. The summed E-state index contributed by atoms with van der Waals surface area (Å²) in [5, 5.41) is 16.8. The lowest BCUT2D eigenvalue weighted by molar-refractivity contribution is 0.0632. The molecule has 0 aliphatic carbocycles. The second-order valence-electron chi connectivity index (χ2n) is 8.05. The summed E-state index contributed by atoms with van der Waals surface area (Å²) < 4.78 is 144. The first-order valence-electron chi connectivity index (χ1n) is 20.2. The van der Waals surface area contributed by atoms with Crippen molar-refractivity contribution >= 4 is 0 Å². The van der Waals surface area contributed by atoms with Crippen LogP contribution >= 0.6 is 0 Å². The first-order valence-corrected chi connectivity index (χ1v) is 12.2. The number of aliphatic hydroxyl groups is 1. The standard InChI is InChI=1S/C14H22N2O3.C10H12O3.C5H11N/c1-18-13-4-2-3-5-14(13)19-11-12(17)10-16-8-6-15-7-9-16;1-11-9-4-2-3-5-10(9)13-7-8-6-12-8;1-2-4-6-5-3-1/h2-5,12,15,17H,6-11H2,1H3;2-5,8H,6-7H2,1H3;6H,1-5H2/i1D3,10D2,11D2,12D;1D3,6D2,7D2,8D;. The maximum Gasteiger partial charge on any atom is 0.161 e. The highest BCUT2D eigenvalue weighted by Gasteiger charge is 2.23. The van der Waals surface area contributed by atoms with E-state index < -0.39 is 52.4 Å². The number of nitrogens with one attached hydrogen (secondary N) is 2. The minimum absolute atomic E-state index is 0.170. The smallest absolute Gasteiger partial charge is 0.161 e. The van der Waals surface area contributed by atoms with Gasteiger partial charge in [0, 0.05) is 35.4 Å². The van der Waals surface area contributed by atoms with Crippen molar-refractivity contribution in [1.29, 1.82) is 0 Å². The number of nitrogens with zero attached hydrogens (tertiary/aromatic N) is 1. The Balaban J connectivity index is 0.000000256. The number of piperidine rings is 1. The second-order valence-corrected chi connectivity index (χ2v) is 8.05. The number of epoxide rings is 1. The summed E-state index contributed by atoms with van der Waals surface area (Å²) in [7, 11) is -5.58. The monoisotopic (exact) mass is 547 g/mol. The summed E-state index contributed by atoms with van der Waals surface area (Å²) >= 11 is 0. The molecular weight excluding hydrogens is 486 g/mol. The van der Waals surface area contributed by atoms with Gasteiger partial charge in [-0.2, -0.15) is 0 Å². The number of hydrogen-bond donors (Lipinski definition) is 3. The van der Waals surface area contributed by atoms with Gasteiger partial charge in [-0.3, -0.25) is 4.90 Å². The molecule has 0 aromatic heterocycles. The van der Waals surface area contributed by atoms with Gasteiger partial charge < -0.3 is 39.4 Å². The van der Waals surface area contributed by atoms with Crippen LogP contribution in [0.25, 0.3) is 0 Å². The fourth-order valence-corrected chi connectivity index (χ4v) is 3.26. The van der Waals surface area contributed by atoms with Gasteiger partial charge in [0.25, 0.3) is 0 Å². The molecule has 0 saturated carbocycles. The molecule has 2 aromatic rings. The highest BCUT2D eigenvalue weighted by molar-refractivity contribution is 5.40. The second kappa shape index (κ2) is 17.9. The summed E-state index contributed by atoms with van der Waals surface area (Å²) in [4.78, 5) is 1.16. The molecule has 2 unspecified atom stereocenters. The fourth-order valence-electron chi connectivity index (χ4n) is 3.26. The molecule has 3 heterocycles. The fraction of sp³-hybridized carbons (Fsp3) is 0.586. The first-order chi connectivity index (χ1) is 24.7. The molecule has 9 heteroatoms. The molecule has 2 atom stereocenters. The molecule has 9 nitrogen and oxygen atoms in total. The van der Waals surface area contributed by atoms with Gasteiger partial charge >= 0.3 is 0 Å². The van der Waals surface area contributed by atoms with Crippen molar-refractivity contribution in [3.63, 3.8) is 0 Å². The van der Waals surface area contributed by atoms with Crippen molar-refractivity contribution in [2.45, 2.75) is 31.4 Å². The quantitative estimate of drug-likeness (QED) is 0.388. The lowest BCUT2D eigenvalue weighted by Crippen LogP contribution is -2.47. The van der Waals surface area contributed by atoms with E-state index in [1.54, 1.807) is 0 Å². The minimum atomic E-state index is -3.33. The van der Waals surface area contributed by atoms with E-state index in [0.29, 0.717) is 13.1 Å². The summed E-state index contributed by atoms with van der Waals surface area (Å²) in [6.07, 6.45) is -1.65. The van der Waals surface area contributed by atoms with Gasteiger partial charge in [0.1, 0.15) is 25.3 Å². The highest BCUT2D eigenvalue weighted by atomic mass is 16.6. The molecule has 3 N–H and O–H groups in total. The van der Waals surface area contributed by atoms with Crippen LogP contribution in [0.3, 0.4) is 0 Å². The van der Waals surface area contributed by atoms with Crippen LogP contribution in [0.4, 0.5) is 0 Å². The molecule has 3 saturated heterocycles. The maximum absolute atomic E-state index is 10.5. The van der Waals surface area contributed by atoms with E-state index >= 15 is 0 Å². The van der Waals surface area contributed by atoms with Gasteiger partial charge in [-0.25, -0.2) is 0 Å². The Morgan fingerprint density at radius 3 is 2.03 bits per heavy atom. The van der Waals surface area contributed by atoms with Crippen LogP contribution in [-0.4, -0.2) is 102 Å². The van der Waals surface area contributed by atoms with Crippen molar-refractivity contribution in [2.24, 2.45) is 0 Å². The number of para-hydroxylation sites is 4. The van der Waals surface area contributed by atoms with Crippen LogP contribution in [0, 0.1) is 0 Å². The highest BCUT2D eigenvalue weighted by Crippen LogP contribution is 2.27. The lowest BCUT2D eigenvalue weighted by atomic mass is 10.2. The predicted octanol–water partition coefficient (Wildman–Crippen LogP) is 2.57. The Labute approximate surface area is 249 Å². The predicted molar refractivity (Wildman–Crippen MR) is 149 cm³/mol. The Hall–Kier alpha value is -2.56. The normalized spacial score (nSPS) is 31.6. The van der Waals surface area contributed by atoms with Gasteiger partial charge in [0.2, 0.25) is 0 Å². The molecule has 3 fully saturated rings. The number of benzene rings is 2. The Kier molecular flexibility index (Phi) is 6.92. The van der Waals surface area contributed by atoms with Crippen LogP contribution in [0.15, 0.2) is 48.5 Å². The third-order valence-corrected chi connectivity index (χ3v) is 5.22. The summed E-state index contributed by atoms with van der Waals surface area (Å²) in [6.45, 7) is -7.65. The van der Waals surface area contributed by atoms with Crippen LogP contribution in [0.5, 0.6) is 23.0 Å². The average Bonchev–Trinajstić information content (AvgIpc) is 3.61. The topological polar surface area (TPSA) is 97.0 Å². The SMILES string of the molecule is C1CCNCC1.[2H]C([2H])([2H])Oc1ccccc1OC([2H])([2H])C([2H])(O)C([2H])([2H])N1CCNCC1.[2H]C([2H])([2H])Oc1ccccc1OC([2H])([2H])C1([2H])OC1([2H])[2H]. The van der Waals surface area contributed by atoms with Gasteiger partial charge in [0.05, 0.1) is 39.8 Å². The molecule has 38 heavy (non-hydrogen) atoms. The number of ether oxygens (including phenoxy) is 5. The number of β-amino-alcohol motifs (C(OH)–C–C–N with tert-alkyl or cyclic N) is 1. The van der Waals surface area contributed by atoms with Gasteiger partial charge in [-0.15, -0.1) is 0 Å². The molecule has 212 valence electrons. The number of methoxy groups -OCH3 is 2. The summed E-state index contributed by atoms with van der Waals surface area (Å²) in [6, 6.07) is 10.7. The Bertz CT molecular complexity index is 1490. The molecule has 5 rings (SSSR count). The summed E-state index contributed by atoms with van der Waals surface area (Å²) in [5.74, 6) is -1.21. The molecular formula is C29H45N3O6. The third kappa shape index (κ3) is 11.9.